The fourth-order valence-corrected chi connectivity index (χ4v) is 2.68. The van der Waals surface area contributed by atoms with Crippen LogP contribution in [-0.2, 0) is 9.59 Å². The van der Waals surface area contributed by atoms with E-state index >= 15 is 0 Å². The number of carbonyl (C=O) groups is 2. The highest BCUT2D eigenvalue weighted by Crippen LogP contribution is 2.37. The van der Waals surface area contributed by atoms with Gasteiger partial charge in [-0.25, -0.2) is 8.78 Å². The van der Waals surface area contributed by atoms with Crippen LogP contribution >= 0.6 is 0 Å². The molecule has 1 fully saturated rings. The van der Waals surface area contributed by atoms with Gasteiger partial charge < -0.3 is 10.0 Å². The van der Waals surface area contributed by atoms with Gasteiger partial charge in [0.05, 0.1) is 12.0 Å². The Labute approximate surface area is 115 Å². The van der Waals surface area contributed by atoms with Gasteiger partial charge in [0.15, 0.2) is 0 Å². The van der Waals surface area contributed by atoms with Crippen molar-refractivity contribution in [1.82, 2.24) is 4.90 Å². The van der Waals surface area contributed by atoms with E-state index in [9.17, 15) is 23.5 Å². The summed E-state index contributed by atoms with van der Waals surface area (Å²) in [6.07, 6.45) is 0.795. The summed E-state index contributed by atoms with van der Waals surface area (Å²) in [6, 6.07) is 2.23. The summed E-state index contributed by atoms with van der Waals surface area (Å²) >= 11 is 0. The maximum absolute atomic E-state index is 13.9. The van der Waals surface area contributed by atoms with Crippen LogP contribution in [0.3, 0.4) is 0 Å². The first-order valence-corrected chi connectivity index (χ1v) is 6.36. The lowest BCUT2D eigenvalue weighted by atomic mass is 9.89. The van der Waals surface area contributed by atoms with Crippen molar-refractivity contribution in [3.63, 3.8) is 0 Å². The Morgan fingerprint density at radius 3 is 2.50 bits per heavy atom. The molecule has 0 bridgehead atoms. The average molecular weight is 283 g/mol. The van der Waals surface area contributed by atoms with E-state index < -0.39 is 29.6 Å². The number of likely N-dealkylation sites (tertiary alicyclic amines) is 1. The molecule has 1 aliphatic rings. The average Bonchev–Trinajstić information content (AvgIpc) is 2.51. The molecule has 0 aromatic heterocycles. The molecule has 1 aliphatic heterocycles. The lowest BCUT2D eigenvalue weighted by molar-refractivity contribution is -0.145. The third-order valence-corrected chi connectivity index (χ3v) is 3.71. The van der Waals surface area contributed by atoms with Crippen molar-refractivity contribution in [2.75, 3.05) is 7.05 Å². The van der Waals surface area contributed by atoms with Gasteiger partial charge in [-0.3, -0.25) is 9.59 Å². The van der Waals surface area contributed by atoms with Gasteiger partial charge in [-0.1, -0.05) is 6.07 Å². The van der Waals surface area contributed by atoms with Crippen molar-refractivity contribution in [2.24, 2.45) is 5.92 Å². The van der Waals surface area contributed by atoms with Crippen molar-refractivity contribution < 1.29 is 23.5 Å². The summed E-state index contributed by atoms with van der Waals surface area (Å²) < 4.78 is 27.9. The van der Waals surface area contributed by atoms with Gasteiger partial charge in [-0.2, -0.15) is 0 Å². The van der Waals surface area contributed by atoms with Crippen LogP contribution in [0.4, 0.5) is 8.78 Å². The largest absolute Gasteiger partial charge is 0.481 e. The number of hydrogen-bond donors (Lipinski definition) is 1. The quantitative estimate of drug-likeness (QED) is 0.906. The molecule has 1 aromatic carbocycles. The normalized spacial score (nSPS) is 23.6. The minimum atomic E-state index is -1.15. The number of aliphatic carboxylic acids is 1. The van der Waals surface area contributed by atoms with E-state index in [0.29, 0.717) is 6.42 Å². The van der Waals surface area contributed by atoms with Gasteiger partial charge in [0.1, 0.15) is 11.6 Å². The van der Waals surface area contributed by atoms with Crippen LogP contribution in [0.2, 0.25) is 0 Å². The number of carbonyl (C=O) groups excluding carboxylic acids is 1. The number of amides is 1. The van der Waals surface area contributed by atoms with Crippen molar-refractivity contribution in [3.8, 4) is 0 Å². The van der Waals surface area contributed by atoms with E-state index in [4.69, 9.17) is 0 Å². The third-order valence-electron chi connectivity index (χ3n) is 3.71. The molecule has 1 amide bonds. The highest BCUT2D eigenvalue weighted by molar-refractivity contribution is 5.79. The molecule has 2 unspecified atom stereocenters. The van der Waals surface area contributed by atoms with Gasteiger partial charge >= 0.3 is 5.97 Å². The van der Waals surface area contributed by atoms with Crippen LogP contribution in [-0.4, -0.2) is 28.9 Å². The third kappa shape index (κ3) is 2.50. The van der Waals surface area contributed by atoms with Gasteiger partial charge in [-0.15, -0.1) is 0 Å². The number of halogens is 2. The molecular weight excluding hydrogens is 268 g/mol. The highest BCUT2D eigenvalue weighted by Gasteiger charge is 2.39. The Kier molecular flexibility index (Phi) is 4.01. The van der Waals surface area contributed by atoms with E-state index in [-0.39, 0.29) is 24.3 Å². The molecule has 0 aliphatic carbocycles. The minimum absolute atomic E-state index is 0.187. The highest BCUT2D eigenvalue weighted by atomic mass is 19.1. The minimum Gasteiger partial charge on any atom is -0.481 e. The number of hydrogen-bond acceptors (Lipinski definition) is 2. The Morgan fingerprint density at radius 2 is 1.95 bits per heavy atom. The van der Waals surface area contributed by atoms with Crippen molar-refractivity contribution in [2.45, 2.75) is 25.3 Å². The van der Waals surface area contributed by atoms with Crippen LogP contribution in [0.25, 0.3) is 0 Å². The topological polar surface area (TPSA) is 57.6 Å². The molecule has 0 spiro atoms. The molecule has 20 heavy (non-hydrogen) atoms. The predicted molar refractivity (Wildman–Crippen MR) is 66.8 cm³/mol. The summed E-state index contributed by atoms with van der Waals surface area (Å²) in [6.45, 7) is 0. The van der Waals surface area contributed by atoms with E-state index in [1.54, 1.807) is 0 Å². The smallest absolute Gasteiger partial charge is 0.308 e. The monoisotopic (exact) mass is 283 g/mol. The zero-order chi connectivity index (χ0) is 14.9. The number of rotatable bonds is 2. The Hall–Kier alpha value is -1.98. The molecule has 1 N–H and O–H groups in total. The molecule has 1 saturated heterocycles. The molecule has 1 aromatic rings. The Balaban J connectivity index is 2.56. The number of nitrogens with zero attached hydrogens (tertiary/aromatic N) is 1. The van der Waals surface area contributed by atoms with Crippen LogP contribution in [0.1, 0.15) is 30.9 Å². The van der Waals surface area contributed by atoms with Crippen molar-refractivity contribution >= 4 is 11.9 Å². The maximum atomic E-state index is 13.9. The Morgan fingerprint density at radius 1 is 1.35 bits per heavy atom. The van der Waals surface area contributed by atoms with Crippen LogP contribution in [0.15, 0.2) is 18.2 Å². The molecule has 108 valence electrons. The molecule has 1 heterocycles. The number of carboxylic acids is 1. The van der Waals surface area contributed by atoms with E-state index in [1.165, 1.54) is 13.1 Å². The van der Waals surface area contributed by atoms with Crippen LogP contribution in [0.5, 0.6) is 0 Å². The summed E-state index contributed by atoms with van der Waals surface area (Å²) in [5.41, 5.74) is -0.349. The van der Waals surface area contributed by atoms with E-state index in [1.807, 2.05) is 0 Å². The van der Waals surface area contributed by atoms with Crippen LogP contribution in [0, 0.1) is 17.6 Å². The van der Waals surface area contributed by atoms with Crippen LogP contribution < -0.4 is 0 Å². The first kappa shape index (κ1) is 14.4. The summed E-state index contributed by atoms with van der Waals surface area (Å²) in [7, 11) is 1.39. The predicted octanol–water partition coefficient (Wildman–Crippen LogP) is 2.35. The van der Waals surface area contributed by atoms with Crippen molar-refractivity contribution in [1.29, 1.82) is 0 Å². The van der Waals surface area contributed by atoms with Gasteiger partial charge in [0.2, 0.25) is 5.91 Å². The number of carboxylic acid groups (broad SMARTS) is 1. The summed E-state index contributed by atoms with van der Waals surface area (Å²) in [5, 5.41) is 9.30. The molecule has 2 rings (SSSR count). The lowest BCUT2D eigenvalue weighted by Crippen LogP contribution is -2.37. The first-order chi connectivity index (χ1) is 9.43. The van der Waals surface area contributed by atoms with E-state index in [0.717, 1.165) is 17.0 Å². The molecule has 6 heteroatoms. The lowest BCUT2D eigenvalue weighted by Gasteiger charge is -2.31. The second kappa shape index (κ2) is 5.56. The molecule has 4 nitrogen and oxygen atoms in total. The molecule has 0 saturated carbocycles. The fourth-order valence-electron chi connectivity index (χ4n) is 2.68. The zero-order valence-electron chi connectivity index (χ0n) is 11.0. The Bertz CT molecular complexity index is 527. The second-order valence-electron chi connectivity index (χ2n) is 4.92. The molecule has 2 atom stereocenters. The summed E-state index contributed by atoms with van der Waals surface area (Å²) in [4.78, 5) is 24.4. The number of benzene rings is 1. The first-order valence-electron chi connectivity index (χ1n) is 6.36. The SMILES string of the molecule is CN1C(=O)CCCC(C(=O)O)C1c1c(F)cccc1F. The summed E-state index contributed by atoms with van der Waals surface area (Å²) in [5.74, 6) is -4.14. The van der Waals surface area contributed by atoms with Gasteiger partial charge in [-0.05, 0) is 25.0 Å². The zero-order valence-corrected chi connectivity index (χ0v) is 11.0. The van der Waals surface area contributed by atoms with Crippen molar-refractivity contribution in [3.05, 3.63) is 35.4 Å². The van der Waals surface area contributed by atoms with E-state index in [2.05, 4.69) is 0 Å². The van der Waals surface area contributed by atoms with Gasteiger partial charge in [0.25, 0.3) is 0 Å². The molecular formula is C14H15F2NO3. The standard InChI is InChI=1S/C14H15F2NO3/c1-17-11(18)7-2-4-8(14(19)20)13(17)12-9(15)5-3-6-10(12)16/h3,5-6,8,13H,2,4,7H2,1H3,(H,19,20). The fraction of sp³-hybridized carbons (Fsp3) is 0.429. The second-order valence-corrected chi connectivity index (χ2v) is 4.92. The maximum Gasteiger partial charge on any atom is 0.308 e. The molecule has 0 radical (unpaired) electrons. The van der Waals surface area contributed by atoms with Gasteiger partial charge in [0, 0.05) is 19.0 Å².